The lowest BCUT2D eigenvalue weighted by Crippen LogP contribution is -2.40. The van der Waals surface area contributed by atoms with Crippen molar-refractivity contribution in [2.75, 3.05) is 41.3 Å². The van der Waals surface area contributed by atoms with Crippen LogP contribution in [0.15, 0.2) is 18.5 Å². The second-order valence-electron chi connectivity index (χ2n) is 8.28. The molecule has 2 aromatic heterocycles. The van der Waals surface area contributed by atoms with E-state index in [1.807, 2.05) is 13.8 Å². The molecule has 4 rings (SSSR count). The van der Waals surface area contributed by atoms with Gasteiger partial charge in [-0.15, -0.1) is 0 Å². The molecule has 2 aliphatic heterocycles. The van der Waals surface area contributed by atoms with Crippen molar-refractivity contribution in [3.05, 3.63) is 30.0 Å². The summed E-state index contributed by atoms with van der Waals surface area (Å²) in [6.07, 6.45) is 6.40. The molecule has 1 N–H and O–H groups in total. The molecule has 0 aromatic carbocycles. The molecule has 0 aliphatic carbocycles. The Hall–Kier alpha value is -2.44. The highest BCUT2D eigenvalue weighted by Crippen LogP contribution is 2.24. The standard InChI is InChI=1S/C21H31N7/c1-15-5-4-8-28(13-15)20-12-19(22-14-23-20)26-18-6-9-27(10-7-18)21-11-16(2)24-17(3)25-21/h11-12,14-15,18H,4-10,13H2,1-3H3,(H,22,23,26). The zero-order valence-corrected chi connectivity index (χ0v) is 17.2. The van der Waals surface area contributed by atoms with E-state index in [-0.39, 0.29) is 0 Å². The van der Waals surface area contributed by atoms with Gasteiger partial charge in [-0.2, -0.15) is 0 Å². The molecule has 2 fully saturated rings. The zero-order valence-electron chi connectivity index (χ0n) is 17.2. The van der Waals surface area contributed by atoms with Gasteiger partial charge in [0.1, 0.15) is 29.6 Å². The van der Waals surface area contributed by atoms with Crippen molar-refractivity contribution < 1.29 is 0 Å². The quantitative estimate of drug-likeness (QED) is 0.872. The minimum absolute atomic E-state index is 0.434. The fourth-order valence-corrected chi connectivity index (χ4v) is 4.32. The number of aryl methyl sites for hydroxylation is 2. The predicted octanol–water partition coefficient (Wildman–Crippen LogP) is 3.20. The van der Waals surface area contributed by atoms with Gasteiger partial charge in [0.25, 0.3) is 0 Å². The van der Waals surface area contributed by atoms with Crippen LogP contribution in [0.25, 0.3) is 0 Å². The van der Waals surface area contributed by atoms with E-state index in [9.17, 15) is 0 Å². The van der Waals surface area contributed by atoms with E-state index < -0.39 is 0 Å². The van der Waals surface area contributed by atoms with Crippen LogP contribution in [0.1, 0.15) is 44.1 Å². The maximum atomic E-state index is 4.60. The van der Waals surface area contributed by atoms with Crippen LogP contribution in [-0.2, 0) is 0 Å². The fraction of sp³-hybridized carbons (Fsp3) is 0.619. The first-order valence-electron chi connectivity index (χ1n) is 10.5. The molecule has 2 saturated heterocycles. The monoisotopic (exact) mass is 381 g/mol. The molecule has 0 radical (unpaired) electrons. The molecule has 0 amide bonds. The molecule has 2 aromatic rings. The summed E-state index contributed by atoms with van der Waals surface area (Å²) >= 11 is 0. The largest absolute Gasteiger partial charge is 0.367 e. The molecular formula is C21H31N7. The molecule has 28 heavy (non-hydrogen) atoms. The molecule has 150 valence electrons. The number of aromatic nitrogens is 4. The third-order valence-electron chi connectivity index (χ3n) is 5.76. The number of hydrogen-bond donors (Lipinski definition) is 1. The Morgan fingerprint density at radius 2 is 1.75 bits per heavy atom. The van der Waals surface area contributed by atoms with Gasteiger partial charge in [0.2, 0.25) is 0 Å². The van der Waals surface area contributed by atoms with Crippen LogP contribution in [0.5, 0.6) is 0 Å². The topological polar surface area (TPSA) is 70.1 Å². The third kappa shape index (κ3) is 4.51. The maximum absolute atomic E-state index is 4.60. The van der Waals surface area contributed by atoms with E-state index in [0.717, 1.165) is 73.9 Å². The molecule has 1 atom stereocenters. The summed E-state index contributed by atoms with van der Waals surface area (Å²) in [4.78, 5) is 22.7. The summed E-state index contributed by atoms with van der Waals surface area (Å²) in [5.74, 6) is 4.62. The van der Waals surface area contributed by atoms with Crippen LogP contribution in [0, 0.1) is 19.8 Å². The Kier molecular flexibility index (Phi) is 5.59. The smallest absolute Gasteiger partial charge is 0.134 e. The maximum Gasteiger partial charge on any atom is 0.134 e. The highest BCUT2D eigenvalue weighted by Gasteiger charge is 2.22. The van der Waals surface area contributed by atoms with Crippen LogP contribution < -0.4 is 15.1 Å². The molecule has 4 heterocycles. The molecule has 0 saturated carbocycles. The molecular weight excluding hydrogens is 350 g/mol. The van der Waals surface area contributed by atoms with Gasteiger partial charge in [-0.05, 0) is 45.4 Å². The van der Waals surface area contributed by atoms with Crippen molar-refractivity contribution in [3.8, 4) is 0 Å². The second kappa shape index (κ2) is 8.29. The van der Waals surface area contributed by atoms with E-state index in [1.165, 1.54) is 12.8 Å². The van der Waals surface area contributed by atoms with Crippen LogP contribution in [-0.4, -0.2) is 52.2 Å². The molecule has 7 nitrogen and oxygen atoms in total. The zero-order chi connectivity index (χ0) is 19.5. The van der Waals surface area contributed by atoms with E-state index >= 15 is 0 Å². The average Bonchev–Trinajstić information content (AvgIpc) is 2.68. The normalized spacial score (nSPS) is 21.0. The van der Waals surface area contributed by atoms with Crippen molar-refractivity contribution in [1.82, 2.24) is 19.9 Å². The average molecular weight is 382 g/mol. The Morgan fingerprint density at radius 3 is 2.50 bits per heavy atom. The van der Waals surface area contributed by atoms with Gasteiger partial charge in [0.15, 0.2) is 0 Å². The Balaban J connectivity index is 1.35. The van der Waals surface area contributed by atoms with Gasteiger partial charge in [0.05, 0.1) is 0 Å². The van der Waals surface area contributed by atoms with Crippen molar-refractivity contribution in [2.24, 2.45) is 5.92 Å². The van der Waals surface area contributed by atoms with Crippen molar-refractivity contribution in [1.29, 1.82) is 0 Å². The van der Waals surface area contributed by atoms with Gasteiger partial charge < -0.3 is 15.1 Å². The Morgan fingerprint density at radius 1 is 0.929 bits per heavy atom. The molecule has 0 spiro atoms. The first kappa shape index (κ1) is 18.9. The summed E-state index contributed by atoms with van der Waals surface area (Å²) in [5.41, 5.74) is 1.03. The summed E-state index contributed by atoms with van der Waals surface area (Å²) in [6, 6.07) is 4.63. The van der Waals surface area contributed by atoms with Crippen LogP contribution in [0.2, 0.25) is 0 Å². The molecule has 1 unspecified atom stereocenters. The lowest BCUT2D eigenvalue weighted by atomic mass is 10.0. The Bertz CT molecular complexity index is 781. The minimum Gasteiger partial charge on any atom is -0.367 e. The van der Waals surface area contributed by atoms with Gasteiger partial charge in [-0.25, -0.2) is 19.9 Å². The SMILES string of the molecule is Cc1cc(N2CCC(Nc3cc(N4CCCC(C)C4)ncn3)CC2)nc(C)n1. The first-order valence-corrected chi connectivity index (χ1v) is 10.5. The highest BCUT2D eigenvalue weighted by molar-refractivity contribution is 5.49. The van der Waals surface area contributed by atoms with Gasteiger partial charge in [0, 0.05) is 50.0 Å². The van der Waals surface area contributed by atoms with Crippen molar-refractivity contribution in [3.63, 3.8) is 0 Å². The lowest BCUT2D eigenvalue weighted by Gasteiger charge is -2.34. The van der Waals surface area contributed by atoms with Gasteiger partial charge in [-0.1, -0.05) is 6.92 Å². The second-order valence-corrected chi connectivity index (χ2v) is 8.28. The number of hydrogen-bond acceptors (Lipinski definition) is 7. The number of nitrogens with one attached hydrogen (secondary N) is 1. The minimum atomic E-state index is 0.434. The number of rotatable bonds is 4. The predicted molar refractivity (Wildman–Crippen MR) is 113 cm³/mol. The van der Waals surface area contributed by atoms with E-state index in [2.05, 4.69) is 54.1 Å². The number of anilines is 3. The van der Waals surface area contributed by atoms with E-state index in [1.54, 1.807) is 6.33 Å². The first-order chi connectivity index (χ1) is 13.6. The fourth-order valence-electron chi connectivity index (χ4n) is 4.32. The summed E-state index contributed by atoms with van der Waals surface area (Å²) in [7, 11) is 0. The molecule has 2 aliphatic rings. The Labute approximate surface area is 167 Å². The lowest BCUT2D eigenvalue weighted by molar-refractivity contribution is 0.444. The number of piperidine rings is 2. The van der Waals surface area contributed by atoms with E-state index in [0.29, 0.717) is 6.04 Å². The third-order valence-corrected chi connectivity index (χ3v) is 5.76. The molecule has 0 bridgehead atoms. The number of nitrogens with zero attached hydrogens (tertiary/aromatic N) is 6. The van der Waals surface area contributed by atoms with Gasteiger partial charge in [-0.3, -0.25) is 0 Å². The van der Waals surface area contributed by atoms with Gasteiger partial charge >= 0.3 is 0 Å². The van der Waals surface area contributed by atoms with Crippen LogP contribution in [0.3, 0.4) is 0 Å². The summed E-state index contributed by atoms with van der Waals surface area (Å²) in [6.45, 7) is 10.5. The van der Waals surface area contributed by atoms with Crippen LogP contribution in [0.4, 0.5) is 17.5 Å². The summed E-state index contributed by atoms with van der Waals surface area (Å²) in [5, 5.41) is 3.63. The molecule has 7 heteroatoms. The summed E-state index contributed by atoms with van der Waals surface area (Å²) < 4.78 is 0. The highest BCUT2D eigenvalue weighted by atomic mass is 15.2. The van der Waals surface area contributed by atoms with Crippen LogP contribution >= 0.6 is 0 Å². The van der Waals surface area contributed by atoms with Crippen molar-refractivity contribution >= 4 is 17.5 Å². The van der Waals surface area contributed by atoms with E-state index in [4.69, 9.17) is 0 Å². The van der Waals surface area contributed by atoms with Crippen molar-refractivity contribution in [2.45, 2.75) is 52.5 Å².